The molecule has 0 N–H and O–H groups in total. The topological polar surface area (TPSA) is 0 Å². The number of unbranched alkanes of at least 4 members (excludes halogenated alkanes) is 1. The quantitative estimate of drug-likeness (QED) is 0.438. The van der Waals surface area contributed by atoms with Crippen molar-refractivity contribution < 1.29 is 0 Å². The average molecular weight is 377 g/mol. The maximum Gasteiger partial charge on any atom is 0.0249 e. The molecule has 2 saturated carbocycles. The van der Waals surface area contributed by atoms with Crippen molar-refractivity contribution in [2.45, 2.75) is 96.8 Å². The summed E-state index contributed by atoms with van der Waals surface area (Å²) in [5.41, 5.74) is 2.68. The minimum Gasteiger partial charge on any atom is -0.0730 e. The standard InChI is InChI=1S/C28H40/c1-3-5-8-24-15-19-27(20-16-24)28-21-17-26(18-22-28)10-7-6-9-25-13-11-23(4-2)12-14-25/h6,9,17-18,21-25,27H,3-5,8,11-16,19-20H2,1-2H3. The van der Waals surface area contributed by atoms with Crippen molar-refractivity contribution >= 4 is 0 Å². The molecule has 3 rings (SSSR count). The second kappa shape index (κ2) is 11.5. The molecule has 0 saturated heterocycles. The van der Waals surface area contributed by atoms with Crippen LogP contribution in [0.5, 0.6) is 0 Å². The van der Waals surface area contributed by atoms with Crippen molar-refractivity contribution in [2.24, 2.45) is 17.8 Å². The Bertz CT molecular complexity index is 638. The molecule has 0 heteroatoms. The third kappa shape index (κ3) is 6.55. The van der Waals surface area contributed by atoms with Gasteiger partial charge in [-0.05, 0) is 98.8 Å². The van der Waals surface area contributed by atoms with Crippen LogP contribution in [0.4, 0.5) is 0 Å². The highest BCUT2D eigenvalue weighted by molar-refractivity contribution is 5.39. The number of hydrogen-bond acceptors (Lipinski definition) is 0. The lowest BCUT2D eigenvalue weighted by atomic mass is 9.77. The Kier molecular flexibility index (Phi) is 8.72. The molecule has 0 radical (unpaired) electrons. The minimum atomic E-state index is 0.756. The van der Waals surface area contributed by atoms with Crippen molar-refractivity contribution in [3.8, 4) is 11.8 Å². The van der Waals surface area contributed by atoms with Crippen molar-refractivity contribution in [1.82, 2.24) is 0 Å². The van der Waals surface area contributed by atoms with Crippen LogP contribution < -0.4 is 0 Å². The van der Waals surface area contributed by atoms with Gasteiger partial charge in [0.15, 0.2) is 0 Å². The van der Waals surface area contributed by atoms with Gasteiger partial charge in [0.2, 0.25) is 0 Å². The molecule has 0 aliphatic heterocycles. The molecule has 0 heterocycles. The van der Waals surface area contributed by atoms with Gasteiger partial charge in [-0.15, -0.1) is 0 Å². The second-order valence-electron chi connectivity index (χ2n) is 9.30. The number of hydrogen-bond donors (Lipinski definition) is 0. The van der Waals surface area contributed by atoms with E-state index in [1.54, 1.807) is 0 Å². The summed E-state index contributed by atoms with van der Waals surface area (Å²) in [6, 6.07) is 9.12. The van der Waals surface area contributed by atoms with Crippen LogP contribution in [0.25, 0.3) is 0 Å². The number of benzene rings is 1. The van der Waals surface area contributed by atoms with Crippen LogP contribution in [0, 0.1) is 29.6 Å². The summed E-state index contributed by atoms with van der Waals surface area (Å²) in [6.45, 7) is 4.64. The highest BCUT2D eigenvalue weighted by Crippen LogP contribution is 2.37. The first-order valence-corrected chi connectivity index (χ1v) is 12.1. The summed E-state index contributed by atoms with van der Waals surface area (Å²) in [5, 5.41) is 0. The van der Waals surface area contributed by atoms with E-state index < -0.39 is 0 Å². The molecule has 0 spiro atoms. The lowest BCUT2D eigenvalue weighted by molar-refractivity contribution is 0.304. The Labute approximate surface area is 174 Å². The molecule has 0 bridgehead atoms. The van der Waals surface area contributed by atoms with Gasteiger partial charge in [0.1, 0.15) is 0 Å². The normalized spacial score (nSPS) is 28.1. The number of allylic oxidation sites excluding steroid dienone is 2. The van der Waals surface area contributed by atoms with Gasteiger partial charge >= 0.3 is 0 Å². The van der Waals surface area contributed by atoms with Gasteiger partial charge in [-0.25, -0.2) is 0 Å². The van der Waals surface area contributed by atoms with Crippen LogP contribution in [0.1, 0.15) is 108 Å². The van der Waals surface area contributed by atoms with Gasteiger partial charge in [-0.3, -0.25) is 0 Å². The van der Waals surface area contributed by atoms with E-state index in [4.69, 9.17) is 0 Å². The molecule has 2 fully saturated rings. The van der Waals surface area contributed by atoms with Crippen LogP contribution in [0.3, 0.4) is 0 Å². The predicted octanol–water partition coefficient (Wildman–Crippen LogP) is 8.27. The van der Waals surface area contributed by atoms with Crippen LogP contribution in [0.15, 0.2) is 36.4 Å². The fraction of sp³-hybridized carbons (Fsp3) is 0.643. The first-order chi connectivity index (χ1) is 13.8. The lowest BCUT2D eigenvalue weighted by Gasteiger charge is -2.28. The molecule has 0 amide bonds. The maximum absolute atomic E-state index is 3.33. The molecule has 0 nitrogen and oxygen atoms in total. The van der Waals surface area contributed by atoms with E-state index in [2.05, 4.69) is 62.1 Å². The molecule has 2 aliphatic rings. The fourth-order valence-electron chi connectivity index (χ4n) is 5.21. The summed E-state index contributed by atoms with van der Waals surface area (Å²) in [6.07, 6.45) is 21.1. The maximum atomic E-state index is 3.33. The SMILES string of the molecule is CCCCC1CCC(c2ccc(C#CC=CC3CCC(CC)CC3)cc2)CC1. The summed E-state index contributed by atoms with van der Waals surface area (Å²) >= 11 is 0. The van der Waals surface area contributed by atoms with Gasteiger partial charge in [0.05, 0.1) is 0 Å². The summed E-state index contributed by atoms with van der Waals surface area (Å²) in [5.74, 6) is 10.1. The molecular weight excluding hydrogens is 336 g/mol. The largest absolute Gasteiger partial charge is 0.0730 e. The zero-order chi connectivity index (χ0) is 19.6. The molecule has 0 aromatic heterocycles. The molecule has 1 aromatic carbocycles. The van der Waals surface area contributed by atoms with Crippen LogP contribution in [-0.4, -0.2) is 0 Å². The Balaban J connectivity index is 1.44. The first kappa shape index (κ1) is 21.2. The third-order valence-corrected chi connectivity index (χ3v) is 7.33. The Morgan fingerprint density at radius 2 is 1.54 bits per heavy atom. The van der Waals surface area contributed by atoms with E-state index in [9.17, 15) is 0 Å². The van der Waals surface area contributed by atoms with E-state index >= 15 is 0 Å². The van der Waals surface area contributed by atoms with Gasteiger partial charge in [-0.1, -0.05) is 69.6 Å². The molecule has 2 aliphatic carbocycles. The average Bonchev–Trinajstić information content (AvgIpc) is 2.76. The molecule has 1 aromatic rings. The zero-order valence-corrected chi connectivity index (χ0v) is 18.3. The predicted molar refractivity (Wildman–Crippen MR) is 122 cm³/mol. The van der Waals surface area contributed by atoms with Crippen LogP contribution in [0.2, 0.25) is 0 Å². The highest BCUT2D eigenvalue weighted by atomic mass is 14.3. The van der Waals surface area contributed by atoms with Gasteiger partial charge < -0.3 is 0 Å². The fourth-order valence-corrected chi connectivity index (χ4v) is 5.21. The number of rotatable bonds is 6. The minimum absolute atomic E-state index is 0.756. The van der Waals surface area contributed by atoms with E-state index in [0.717, 1.165) is 29.2 Å². The highest BCUT2D eigenvalue weighted by Gasteiger charge is 2.21. The molecule has 0 atom stereocenters. The molecule has 0 unspecified atom stereocenters. The monoisotopic (exact) mass is 376 g/mol. The molecule has 152 valence electrons. The second-order valence-corrected chi connectivity index (χ2v) is 9.30. The summed E-state index contributed by atoms with van der Waals surface area (Å²) in [7, 11) is 0. The van der Waals surface area contributed by atoms with Crippen LogP contribution in [-0.2, 0) is 0 Å². The van der Waals surface area contributed by atoms with Gasteiger partial charge in [-0.2, -0.15) is 0 Å². The Morgan fingerprint density at radius 3 is 2.18 bits per heavy atom. The Hall–Kier alpha value is -1.48. The van der Waals surface area contributed by atoms with Crippen molar-refractivity contribution in [1.29, 1.82) is 0 Å². The molecule has 28 heavy (non-hydrogen) atoms. The van der Waals surface area contributed by atoms with Gasteiger partial charge in [0.25, 0.3) is 0 Å². The van der Waals surface area contributed by atoms with E-state index in [1.165, 1.54) is 82.6 Å². The van der Waals surface area contributed by atoms with E-state index in [0.29, 0.717) is 0 Å². The molecular formula is C28H40. The third-order valence-electron chi connectivity index (χ3n) is 7.33. The van der Waals surface area contributed by atoms with Crippen molar-refractivity contribution in [3.63, 3.8) is 0 Å². The van der Waals surface area contributed by atoms with E-state index in [1.807, 2.05) is 0 Å². The first-order valence-electron chi connectivity index (χ1n) is 12.1. The van der Waals surface area contributed by atoms with Gasteiger partial charge in [0, 0.05) is 5.56 Å². The smallest absolute Gasteiger partial charge is 0.0249 e. The summed E-state index contributed by atoms with van der Waals surface area (Å²) in [4.78, 5) is 0. The van der Waals surface area contributed by atoms with Crippen LogP contribution >= 0.6 is 0 Å². The lowest BCUT2D eigenvalue weighted by Crippen LogP contribution is -2.13. The van der Waals surface area contributed by atoms with E-state index in [-0.39, 0.29) is 0 Å². The Morgan fingerprint density at radius 1 is 0.857 bits per heavy atom. The summed E-state index contributed by atoms with van der Waals surface area (Å²) < 4.78 is 0. The van der Waals surface area contributed by atoms with Crippen molar-refractivity contribution in [3.05, 3.63) is 47.5 Å². The zero-order valence-electron chi connectivity index (χ0n) is 18.3. The van der Waals surface area contributed by atoms with Crippen molar-refractivity contribution in [2.75, 3.05) is 0 Å².